The average Bonchev–Trinajstić information content (AvgIpc) is 2.80. The van der Waals surface area contributed by atoms with Crippen molar-refractivity contribution in [1.29, 1.82) is 0 Å². The van der Waals surface area contributed by atoms with Crippen molar-refractivity contribution in [1.82, 2.24) is 0 Å². The minimum Gasteiger partial charge on any atom is -0.481 e. The Morgan fingerprint density at radius 1 is 0.576 bits per heavy atom. The summed E-state index contributed by atoms with van der Waals surface area (Å²) in [6.07, 6.45) is 14.7. The van der Waals surface area contributed by atoms with Gasteiger partial charge in [-0.05, 0) is 42.5 Å². The highest BCUT2D eigenvalue weighted by Gasteiger charge is 2.08. The van der Waals surface area contributed by atoms with Gasteiger partial charge in [0.1, 0.15) is 12.4 Å². The van der Waals surface area contributed by atoms with Gasteiger partial charge in [-0.15, -0.1) is 19.3 Å². The van der Waals surface area contributed by atoms with Crippen molar-refractivity contribution in [2.24, 2.45) is 0 Å². The van der Waals surface area contributed by atoms with E-state index in [-0.39, 0.29) is 17.9 Å². The summed E-state index contributed by atoms with van der Waals surface area (Å²) in [4.78, 5) is 0. The van der Waals surface area contributed by atoms with Crippen LogP contribution < -0.4 is 4.74 Å². The number of hydrogen-bond donors (Lipinski definition) is 0. The maximum Gasteiger partial charge on any atom is 0.194 e. The van der Waals surface area contributed by atoms with E-state index in [1.54, 1.807) is 0 Å². The molecule has 3 aromatic carbocycles. The molecule has 0 aliphatic rings. The highest BCUT2D eigenvalue weighted by atomic mass is 19.2. The fourth-order valence-electron chi connectivity index (χ4n) is 1.92. The molecule has 3 aromatic rings. The van der Waals surface area contributed by atoms with Crippen LogP contribution in [0.1, 0.15) is 11.1 Å². The Hall–Kier alpha value is -4.35. The van der Waals surface area contributed by atoms with Crippen LogP contribution in [0, 0.1) is 77.8 Å². The van der Waals surface area contributed by atoms with Gasteiger partial charge >= 0.3 is 0 Å². The summed E-state index contributed by atoms with van der Waals surface area (Å²) >= 11 is 0. The molecule has 0 spiro atoms. The summed E-state index contributed by atoms with van der Waals surface area (Å²) in [5, 5.41) is 0. The molecular weight excluding hydrogens is 449 g/mol. The standard InChI is InChI=1S/C9H6F2O.C8H3F3.C8H4F2/c1-2-5-12-7-3-4-8(10)9(11)6-7;1-2-5-3-6(9)8(11)7(10)4-5;1-2-6-3-4-7(9)8(10)5-6/h1,3-4,6H,5H2;1,3-4H;1,3-5H. The molecule has 0 saturated heterocycles. The molecular formula is C25H13F7O. The summed E-state index contributed by atoms with van der Waals surface area (Å²) in [6, 6.07) is 8.11. The van der Waals surface area contributed by atoms with E-state index in [0.29, 0.717) is 5.56 Å². The van der Waals surface area contributed by atoms with E-state index in [0.717, 1.165) is 36.4 Å². The Bertz CT molecular complexity index is 1210. The Morgan fingerprint density at radius 3 is 1.52 bits per heavy atom. The van der Waals surface area contributed by atoms with E-state index in [2.05, 4.69) is 11.8 Å². The van der Waals surface area contributed by atoms with Gasteiger partial charge in [0, 0.05) is 17.2 Å². The first kappa shape index (κ1) is 26.7. The smallest absolute Gasteiger partial charge is 0.194 e. The zero-order chi connectivity index (χ0) is 25.0. The third-order valence-electron chi connectivity index (χ3n) is 3.45. The van der Waals surface area contributed by atoms with Crippen molar-refractivity contribution in [2.75, 3.05) is 6.61 Å². The summed E-state index contributed by atoms with van der Waals surface area (Å²) < 4.78 is 91.0. The first-order chi connectivity index (χ1) is 15.6. The van der Waals surface area contributed by atoms with Gasteiger partial charge < -0.3 is 4.74 Å². The molecule has 1 nitrogen and oxygen atoms in total. The van der Waals surface area contributed by atoms with Crippen molar-refractivity contribution in [3.63, 3.8) is 0 Å². The molecule has 0 aliphatic carbocycles. The van der Waals surface area contributed by atoms with Crippen molar-refractivity contribution in [3.05, 3.63) is 100 Å². The van der Waals surface area contributed by atoms with Crippen LogP contribution in [-0.2, 0) is 0 Å². The number of terminal acetylenes is 3. The summed E-state index contributed by atoms with van der Waals surface area (Å²) in [5.74, 6) is -1.03. The zero-order valence-electron chi connectivity index (χ0n) is 16.6. The summed E-state index contributed by atoms with van der Waals surface area (Å²) in [7, 11) is 0. The fraction of sp³-hybridized carbons (Fsp3) is 0.0400. The predicted octanol–water partition coefficient (Wildman–Crippen LogP) is 6.01. The number of benzene rings is 3. The SMILES string of the molecule is C#CCOc1ccc(F)c(F)c1.C#Cc1cc(F)c(F)c(F)c1.C#Cc1ccc(F)c(F)c1. The van der Waals surface area contributed by atoms with Crippen LogP contribution in [0.25, 0.3) is 0 Å². The maximum absolute atomic E-state index is 12.5. The second kappa shape index (κ2) is 13.1. The van der Waals surface area contributed by atoms with Crippen LogP contribution in [0.4, 0.5) is 30.7 Å². The van der Waals surface area contributed by atoms with E-state index in [9.17, 15) is 30.7 Å². The molecule has 0 N–H and O–H groups in total. The molecule has 33 heavy (non-hydrogen) atoms. The lowest BCUT2D eigenvalue weighted by molar-refractivity contribution is 0.365. The quantitative estimate of drug-likeness (QED) is 0.258. The third-order valence-corrected chi connectivity index (χ3v) is 3.45. The van der Waals surface area contributed by atoms with Gasteiger partial charge in [0.25, 0.3) is 0 Å². The number of hydrogen-bond acceptors (Lipinski definition) is 1. The minimum atomic E-state index is -1.50. The molecule has 3 rings (SSSR count). The molecule has 0 fully saturated rings. The van der Waals surface area contributed by atoms with Gasteiger partial charge in [-0.3, -0.25) is 0 Å². The normalized spacial score (nSPS) is 9.09. The van der Waals surface area contributed by atoms with E-state index in [4.69, 9.17) is 24.0 Å². The largest absolute Gasteiger partial charge is 0.481 e. The Morgan fingerprint density at radius 2 is 1.06 bits per heavy atom. The Labute approximate surface area is 185 Å². The van der Waals surface area contributed by atoms with Crippen LogP contribution in [0.15, 0.2) is 48.5 Å². The molecule has 0 saturated carbocycles. The Kier molecular flexibility index (Phi) is 10.6. The van der Waals surface area contributed by atoms with Gasteiger partial charge in [0.05, 0.1) is 0 Å². The van der Waals surface area contributed by atoms with Crippen molar-refractivity contribution >= 4 is 0 Å². The molecule has 0 aliphatic heterocycles. The highest BCUT2D eigenvalue weighted by molar-refractivity contribution is 5.33. The van der Waals surface area contributed by atoms with Crippen molar-refractivity contribution < 1.29 is 35.5 Å². The van der Waals surface area contributed by atoms with Crippen LogP contribution >= 0.6 is 0 Å². The van der Waals surface area contributed by atoms with Gasteiger partial charge in [-0.1, -0.05) is 17.8 Å². The molecule has 8 heteroatoms. The molecule has 168 valence electrons. The van der Waals surface area contributed by atoms with Gasteiger partial charge in [-0.2, -0.15) is 0 Å². The van der Waals surface area contributed by atoms with Crippen molar-refractivity contribution in [3.8, 4) is 42.8 Å². The molecule has 0 aromatic heterocycles. The monoisotopic (exact) mass is 462 g/mol. The van der Waals surface area contributed by atoms with E-state index in [1.165, 1.54) is 12.1 Å². The first-order valence-corrected chi connectivity index (χ1v) is 8.67. The maximum atomic E-state index is 12.5. The molecule has 0 bridgehead atoms. The zero-order valence-corrected chi connectivity index (χ0v) is 16.6. The first-order valence-electron chi connectivity index (χ1n) is 8.67. The van der Waals surface area contributed by atoms with E-state index >= 15 is 0 Å². The third kappa shape index (κ3) is 8.73. The van der Waals surface area contributed by atoms with Gasteiger partial charge in [0.15, 0.2) is 40.7 Å². The summed E-state index contributed by atoms with van der Waals surface area (Å²) in [5.41, 5.74) is 0.334. The lowest BCUT2D eigenvalue weighted by atomic mass is 10.2. The second-order valence-electron chi connectivity index (χ2n) is 5.74. The summed E-state index contributed by atoms with van der Waals surface area (Å²) in [6.45, 7) is 0.0467. The second-order valence-corrected chi connectivity index (χ2v) is 5.74. The molecule has 0 heterocycles. The highest BCUT2D eigenvalue weighted by Crippen LogP contribution is 2.15. The van der Waals surface area contributed by atoms with Gasteiger partial charge in [-0.25, -0.2) is 30.7 Å². The van der Waals surface area contributed by atoms with E-state index < -0.39 is 40.7 Å². The van der Waals surface area contributed by atoms with E-state index in [1.807, 2.05) is 5.92 Å². The van der Waals surface area contributed by atoms with Gasteiger partial charge in [0.2, 0.25) is 0 Å². The fourth-order valence-corrected chi connectivity index (χ4v) is 1.92. The van der Waals surface area contributed by atoms with Crippen LogP contribution in [0.3, 0.4) is 0 Å². The molecule has 0 amide bonds. The lowest BCUT2D eigenvalue weighted by Gasteiger charge is -2.01. The number of ether oxygens (including phenoxy) is 1. The minimum absolute atomic E-state index is 0.0126. The van der Waals surface area contributed by atoms with Crippen LogP contribution in [0.2, 0.25) is 0 Å². The lowest BCUT2D eigenvalue weighted by Crippen LogP contribution is -1.94. The van der Waals surface area contributed by atoms with Crippen molar-refractivity contribution in [2.45, 2.75) is 0 Å². The van der Waals surface area contributed by atoms with Crippen LogP contribution in [0.5, 0.6) is 5.75 Å². The number of rotatable bonds is 2. The predicted molar refractivity (Wildman–Crippen MR) is 109 cm³/mol. The molecule has 0 radical (unpaired) electrons. The van der Waals surface area contributed by atoms with Crippen LogP contribution in [-0.4, -0.2) is 6.61 Å². The number of halogens is 7. The topological polar surface area (TPSA) is 9.23 Å². The molecule has 0 atom stereocenters. The molecule has 0 unspecified atom stereocenters. The Balaban J connectivity index is 0.000000249. The average molecular weight is 462 g/mol.